The summed E-state index contributed by atoms with van der Waals surface area (Å²) in [4.78, 5) is 37.9. The van der Waals surface area contributed by atoms with Gasteiger partial charge in [0.25, 0.3) is 5.91 Å². The summed E-state index contributed by atoms with van der Waals surface area (Å²) < 4.78 is 10.3. The van der Waals surface area contributed by atoms with Crippen LogP contribution in [0.3, 0.4) is 0 Å². The molecule has 1 atom stereocenters. The molecular weight excluding hydrogens is 312 g/mol. The molecule has 2 aromatic rings. The summed E-state index contributed by atoms with van der Waals surface area (Å²) in [6.07, 6.45) is 1.27. The summed E-state index contributed by atoms with van der Waals surface area (Å²) >= 11 is 0. The van der Waals surface area contributed by atoms with Crippen molar-refractivity contribution in [3.05, 3.63) is 64.6 Å². The molecule has 0 spiro atoms. The normalized spacial score (nSPS) is 12.8. The first-order valence-corrected chi connectivity index (χ1v) is 7.22. The maximum atomic E-state index is 12.3. The van der Waals surface area contributed by atoms with Crippen molar-refractivity contribution < 1.29 is 19.1 Å². The van der Waals surface area contributed by atoms with Crippen LogP contribution in [-0.4, -0.2) is 36.1 Å². The minimum Gasteiger partial charge on any atom is -0.491 e. The molecule has 0 bridgehead atoms. The molecule has 1 amide bonds. The number of aromatic nitrogens is 1. The van der Waals surface area contributed by atoms with E-state index < -0.39 is 17.4 Å². The third kappa shape index (κ3) is 4.22. The van der Waals surface area contributed by atoms with Crippen LogP contribution in [0.1, 0.15) is 17.3 Å². The predicted molar refractivity (Wildman–Crippen MR) is 86.9 cm³/mol. The van der Waals surface area contributed by atoms with Gasteiger partial charge in [0.2, 0.25) is 5.56 Å². The van der Waals surface area contributed by atoms with E-state index >= 15 is 0 Å². The van der Waals surface area contributed by atoms with Crippen LogP contribution in [-0.2, 0) is 9.53 Å². The SMILES string of the molecule is COC(=O)C(C)(COc1ccccc1)NC(=O)c1ccc(=O)[nH]c1. The van der Waals surface area contributed by atoms with E-state index in [1.807, 2.05) is 6.07 Å². The zero-order valence-electron chi connectivity index (χ0n) is 13.4. The number of nitrogens with one attached hydrogen (secondary N) is 2. The molecule has 24 heavy (non-hydrogen) atoms. The smallest absolute Gasteiger partial charge is 0.334 e. The van der Waals surface area contributed by atoms with Crippen molar-refractivity contribution in [2.75, 3.05) is 13.7 Å². The molecule has 0 radical (unpaired) electrons. The van der Waals surface area contributed by atoms with Crippen molar-refractivity contribution in [3.8, 4) is 5.75 Å². The number of para-hydroxylation sites is 1. The van der Waals surface area contributed by atoms with Crippen molar-refractivity contribution >= 4 is 11.9 Å². The molecule has 1 heterocycles. The second-order valence-corrected chi connectivity index (χ2v) is 5.32. The molecule has 7 heteroatoms. The lowest BCUT2D eigenvalue weighted by Crippen LogP contribution is -2.56. The molecule has 0 saturated heterocycles. The molecule has 126 valence electrons. The van der Waals surface area contributed by atoms with Gasteiger partial charge in [-0.3, -0.25) is 9.59 Å². The average molecular weight is 330 g/mol. The first-order valence-electron chi connectivity index (χ1n) is 7.22. The molecule has 1 aromatic carbocycles. The minimum absolute atomic E-state index is 0.112. The van der Waals surface area contributed by atoms with Crippen molar-refractivity contribution in [2.24, 2.45) is 0 Å². The number of amides is 1. The summed E-state index contributed by atoms with van der Waals surface area (Å²) in [6.45, 7) is 1.39. The summed E-state index contributed by atoms with van der Waals surface area (Å²) in [7, 11) is 1.23. The Morgan fingerprint density at radius 1 is 1.17 bits per heavy atom. The third-order valence-electron chi connectivity index (χ3n) is 3.34. The highest BCUT2D eigenvalue weighted by Gasteiger charge is 2.37. The number of esters is 1. The van der Waals surface area contributed by atoms with E-state index in [2.05, 4.69) is 10.3 Å². The molecule has 0 fully saturated rings. The first kappa shape index (κ1) is 17.3. The summed E-state index contributed by atoms with van der Waals surface area (Å²) in [6, 6.07) is 11.5. The molecule has 0 aliphatic heterocycles. The lowest BCUT2D eigenvalue weighted by Gasteiger charge is -2.27. The second kappa shape index (κ2) is 7.45. The lowest BCUT2D eigenvalue weighted by molar-refractivity contribution is -0.148. The molecule has 7 nitrogen and oxygen atoms in total. The van der Waals surface area contributed by atoms with Gasteiger partial charge in [0.1, 0.15) is 12.4 Å². The Bertz CT molecular complexity index is 752. The number of carbonyl (C=O) groups excluding carboxylic acids is 2. The molecule has 2 N–H and O–H groups in total. The largest absolute Gasteiger partial charge is 0.491 e. The Morgan fingerprint density at radius 3 is 2.46 bits per heavy atom. The van der Waals surface area contributed by atoms with Crippen LogP contribution in [0.5, 0.6) is 5.75 Å². The summed E-state index contributed by atoms with van der Waals surface area (Å²) in [5.74, 6) is -0.613. The van der Waals surface area contributed by atoms with Gasteiger partial charge in [-0.1, -0.05) is 18.2 Å². The van der Waals surface area contributed by atoms with Crippen molar-refractivity contribution in [2.45, 2.75) is 12.5 Å². The van der Waals surface area contributed by atoms with Gasteiger partial charge >= 0.3 is 5.97 Å². The second-order valence-electron chi connectivity index (χ2n) is 5.32. The Kier molecular flexibility index (Phi) is 5.36. The van der Waals surface area contributed by atoms with Gasteiger partial charge in [0.15, 0.2) is 5.54 Å². The maximum Gasteiger partial charge on any atom is 0.334 e. The van der Waals surface area contributed by atoms with E-state index in [-0.39, 0.29) is 17.7 Å². The Balaban J connectivity index is 2.14. The van der Waals surface area contributed by atoms with Gasteiger partial charge < -0.3 is 19.8 Å². The number of H-pyrrole nitrogens is 1. The van der Waals surface area contributed by atoms with Gasteiger partial charge in [0, 0.05) is 12.3 Å². The van der Waals surface area contributed by atoms with E-state index in [9.17, 15) is 14.4 Å². The van der Waals surface area contributed by atoms with Crippen LogP contribution in [0.2, 0.25) is 0 Å². The zero-order valence-corrected chi connectivity index (χ0v) is 13.4. The fraction of sp³-hybridized carbons (Fsp3) is 0.235. The fourth-order valence-electron chi connectivity index (χ4n) is 1.99. The number of carbonyl (C=O) groups is 2. The molecule has 2 rings (SSSR count). The number of benzene rings is 1. The molecular formula is C17H18N2O5. The van der Waals surface area contributed by atoms with E-state index in [0.717, 1.165) is 0 Å². The van der Waals surface area contributed by atoms with Gasteiger partial charge in [-0.2, -0.15) is 0 Å². The highest BCUT2D eigenvalue weighted by molar-refractivity contribution is 5.97. The van der Waals surface area contributed by atoms with Crippen LogP contribution in [0.4, 0.5) is 0 Å². The van der Waals surface area contributed by atoms with Crippen LogP contribution < -0.4 is 15.6 Å². The Morgan fingerprint density at radius 2 is 1.88 bits per heavy atom. The lowest BCUT2D eigenvalue weighted by atomic mass is 10.0. The Hall–Kier alpha value is -3.09. The third-order valence-corrected chi connectivity index (χ3v) is 3.34. The number of pyridine rings is 1. The number of hydrogen-bond acceptors (Lipinski definition) is 5. The molecule has 1 unspecified atom stereocenters. The zero-order chi connectivity index (χ0) is 17.6. The maximum absolute atomic E-state index is 12.3. The van der Waals surface area contributed by atoms with E-state index in [4.69, 9.17) is 9.47 Å². The van der Waals surface area contributed by atoms with Crippen molar-refractivity contribution in [3.63, 3.8) is 0 Å². The topological polar surface area (TPSA) is 97.5 Å². The molecule has 0 saturated carbocycles. The van der Waals surface area contributed by atoms with Crippen LogP contribution >= 0.6 is 0 Å². The standard InChI is InChI=1S/C17H18N2O5/c1-17(16(22)23-2,11-24-13-6-4-3-5-7-13)19-15(21)12-8-9-14(20)18-10-12/h3-10H,11H2,1-2H3,(H,18,20)(H,19,21). The minimum atomic E-state index is -1.39. The summed E-state index contributed by atoms with van der Waals surface area (Å²) in [5.41, 5.74) is -1.50. The molecule has 0 aliphatic rings. The van der Waals surface area contributed by atoms with Gasteiger partial charge in [-0.05, 0) is 25.1 Å². The monoisotopic (exact) mass is 330 g/mol. The average Bonchev–Trinajstić information content (AvgIpc) is 2.60. The van der Waals surface area contributed by atoms with Gasteiger partial charge in [0.05, 0.1) is 12.7 Å². The van der Waals surface area contributed by atoms with E-state index in [1.165, 1.54) is 32.4 Å². The number of hydrogen-bond donors (Lipinski definition) is 2. The van der Waals surface area contributed by atoms with Crippen LogP contribution in [0.15, 0.2) is 53.5 Å². The van der Waals surface area contributed by atoms with Gasteiger partial charge in [-0.25, -0.2) is 4.79 Å². The highest BCUT2D eigenvalue weighted by atomic mass is 16.5. The Labute approximate surface area is 138 Å². The van der Waals surface area contributed by atoms with Crippen molar-refractivity contribution in [1.82, 2.24) is 10.3 Å². The fourth-order valence-corrected chi connectivity index (χ4v) is 1.99. The number of aromatic amines is 1. The highest BCUT2D eigenvalue weighted by Crippen LogP contribution is 2.14. The van der Waals surface area contributed by atoms with Crippen molar-refractivity contribution in [1.29, 1.82) is 0 Å². The van der Waals surface area contributed by atoms with E-state index in [0.29, 0.717) is 5.75 Å². The quantitative estimate of drug-likeness (QED) is 0.774. The predicted octanol–water partition coefficient (Wildman–Crippen LogP) is 1.12. The van der Waals surface area contributed by atoms with Gasteiger partial charge in [-0.15, -0.1) is 0 Å². The summed E-state index contributed by atoms with van der Waals surface area (Å²) in [5, 5.41) is 2.59. The number of rotatable bonds is 6. The van der Waals surface area contributed by atoms with Crippen LogP contribution in [0, 0.1) is 0 Å². The van der Waals surface area contributed by atoms with Crippen LogP contribution in [0.25, 0.3) is 0 Å². The molecule has 0 aliphatic carbocycles. The first-order chi connectivity index (χ1) is 11.4. The number of ether oxygens (including phenoxy) is 2. The number of methoxy groups -OCH3 is 1. The molecule has 1 aromatic heterocycles. The van der Waals surface area contributed by atoms with E-state index in [1.54, 1.807) is 24.3 Å².